The molecule has 0 fully saturated rings. The molecule has 0 unspecified atom stereocenters. The van der Waals surface area contributed by atoms with Crippen LogP contribution in [0.15, 0.2) is 11.4 Å². The first-order chi connectivity index (χ1) is 6.61. The van der Waals surface area contributed by atoms with Crippen molar-refractivity contribution < 1.29 is 4.92 Å². The number of nitrogens with zero attached hydrogens (tertiary/aromatic N) is 2. The molecule has 0 bridgehead atoms. The quantitative estimate of drug-likeness (QED) is 0.441. The van der Waals surface area contributed by atoms with E-state index in [1.54, 1.807) is 11.4 Å². The van der Waals surface area contributed by atoms with Crippen molar-refractivity contribution in [2.45, 2.75) is 0 Å². The average Bonchev–Trinajstić information content (AvgIpc) is 2.50. The van der Waals surface area contributed by atoms with Gasteiger partial charge in [-0.05, 0) is 11.4 Å². The minimum atomic E-state index is -0.628. The van der Waals surface area contributed by atoms with Gasteiger partial charge in [0.05, 0.1) is 15.1 Å². The van der Waals surface area contributed by atoms with Crippen LogP contribution in [0.25, 0.3) is 10.2 Å². The molecule has 0 atom stereocenters. The lowest BCUT2D eigenvalue weighted by Crippen LogP contribution is -1.92. The highest BCUT2D eigenvalue weighted by Crippen LogP contribution is 2.38. The zero-order valence-corrected chi connectivity index (χ0v) is 8.86. The largest absolute Gasteiger partial charge is 0.326 e. The van der Waals surface area contributed by atoms with E-state index in [1.807, 2.05) is 0 Å². The van der Waals surface area contributed by atoms with Crippen molar-refractivity contribution in [1.29, 1.82) is 0 Å². The molecule has 0 amide bonds. The second-order valence-corrected chi connectivity index (χ2v) is 4.11. The van der Waals surface area contributed by atoms with Crippen LogP contribution in [-0.2, 0) is 0 Å². The Morgan fingerprint density at radius 2 is 2.21 bits per heavy atom. The van der Waals surface area contributed by atoms with Crippen LogP contribution in [0.1, 0.15) is 0 Å². The molecule has 2 rings (SSSR count). The first-order valence-electron chi connectivity index (χ1n) is 3.48. The van der Waals surface area contributed by atoms with E-state index in [-0.39, 0.29) is 15.9 Å². The third kappa shape index (κ3) is 1.33. The summed E-state index contributed by atoms with van der Waals surface area (Å²) in [4.78, 5) is 13.8. The second-order valence-electron chi connectivity index (χ2n) is 2.46. The van der Waals surface area contributed by atoms with Gasteiger partial charge in [0.15, 0.2) is 0 Å². The van der Waals surface area contributed by atoms with Gasteiger partial charge in [-0.1, -0.05) is 23.2 Å². The van der Waals surface area contributed by atoms with Crippen molar-refractivity contribution in [2.24, 2.45) is 0 Å². The molecular formula is C7H2Cl2N2O2S. The van der Waals surface area contributed by atoms with E-state index in [9.17, 15) is 10.1 Å². The number of halogens is 2. The highest BCUT2D eigenvalue weighted by molar-refractivity contribution is 7.17. The van der Waals surface area contributed by atoms with Crippen LogP contribution in [0.3, 0.4) is 0 Å². The van der Waals surface area contributed by atoms with E-state index < -0.39 is 4.92 Å². The SMILES string of the molecule is O=[N+]([O-])c1c(Cl)nc2ccsc2c1Cl. The Labute approximate surface area is 92.2 Å². The number of rotatable bonds is 1. The molecule has 2 aromatic rings. The maximum atomic E-state index is 10.6. The molecule has 0 radical (unpaired) electrons. The topological polar surface area (TPSA) is 56.0 Å². The van der Waals surface area contributed by atoms with Crippen LogP contribution in [0.2, 0.25) is 10.2 Å². The van der Waals surface area contributed by atoms with E-state index in [0.717, 1.165) is 0 Å². The number of nitro groups is 1. The van der Waals surface area contributed by atoms with Crippen molar-refractivity contribution in [1.82, 2.24) is 4.98 Å². The highest BCUT2D eigenvalue weighted by Gasteiger charge is 2.22. The Bertz CT molecular complexity index is 526. The molecule has 0 spiro atoms. The van der Waals surface area contributed by atoms with E-state index in [2.05, 4.69) is 4.98 Å². The van der Waals surface area contributed by atoms with Crippen LogP contribution in [-0.4, -0.2) is 9.91 Å². The summed E-state index contributed by atoms with van der Waals surface area (Å²) in [5, 5.41) is 12.2. The second kappa shape index (κ2) is 3.34. The summed E-state index contributed by atoms with van der Waals surface area (Å²) in [6, 6.07) is 1.71. The first-order valence-corrected chi connectivity index (χ1v) is 5.11. The van der Waals surface area contributed by atoms with Crippen molar-refractivity contribution in [2.75, 3.05) is 0 Å². The summed E-state index contributed by atoms with van der Waals surface area (Å²) in [7, 11) is 0. The van der Waals surface area contributed by atoms with Crippen LogP contribution < -0.4 is 0 Å². The van der Waals surface area contributed by atoms with Gasteiger partial charge in [-0.3, -0.25) is 10.1 Å². The average molecular weight is 249 g/mol. The minimum absolute atomic E-state index is 0.0556. The van der Waals surface area contributed by atoms with Gasteiger partial charge in [-0.2, -0.15) is 0 Å². The molecule has 2 aromatic heterocycles. The van der Waals surface area contributed by atoms with E-state index in [4.69, 9.17) is 23.2 Å². The molecule has 0 aliphatic heterocycles. The lowest BCUT2D eigenvalue weighted by molar-refractivity contribution is -0.384. The van der Waals surface area contributed by atoms with Gasteiger partial charge >= 0.3 is 5.69 Å². The zero-order chi connectivity index (χ0) is 10.3. The summed E-state index contributed by atoms with van der Waals surface area (Å²) < 4.78 is 0.586. The van der Waals surface area contributed by atoms with Gasteiger partial charge < -0.3 is 0 Å². The summed E-state index contributed by atoms with van der Waals surface area (Å²) in [6.07, 6.45) is 0. The van der Waals surface area contributed by atoms with Gasteiger partial charge in [0.2, 0.25) is 5.15 Å². The molecule has 14 heavy (non-hydrogen) atoms. The van der Waals surface area contributed by atoms with Crippen LogP contribution in [0.5, 0.6) is 0 Å². The molecule has 72 valence electrons. The summed E-state index contributed by atoms with van der Waals surface area (Å²) in [5.74, 6) is 0. The fourth-order valence-corrected chi connectivity index (χ4v) is 2.53. The number of fused-ring (bicyclic) bond motifs is 1. The van der Waals surface area contributed by atoms with Gasteiger partial charge in [0.1, 0.15) is 5.02 Å². The van der Waals surface area contributed by atoms with E-state index in [0.29, 0.717) is 10.2 Å². The molecule has 2 heterocycles. The van der Waals surface area contributed by atoms with E-state index >= 15 is 0 Å². The summed E-state index contributed by atoms with van der Waals surface area (Å²) in [6.45, 7) is 0. The maximum absolute atomic E-state index is 10.6. The number of pyridine rings is 1. The Balaban J connectivity index is 2.89. The molecule has 0 aromatic carbocycles. The van der Waals surface area contributed by atoms with Crippen molar-refractivity contribution in [3.8, 4) is 0 Å². The Hall–Kier alpha value is -0.910. The van der Waals surface area contributed by atoms with Crippen molar-refractivity contribution in [3.63, 3.8) is 0 Å². The van der Waals surface area contributed by atoms with Gasteiger partial charge in [0.25, 0.3) is 0 Å². The third-order valence-corrected chi connectivity index (χ3v) is 3.31. The van der Waals surface area contributed by atoms with Gasteiger partial charge in [-0.15, -0.1) is 11.3 Å². The maximum Gasteiger partial charge on any atom is 0.326 e. The minimum Gasteiger partial charge on any atom is -0.258 e. The molecule has 0 aliphatic rings. The fourth-order valence-electron chi connectivity index (χ4n) is 1.07. The van der Waals surface area contributed by atoms with Crippen molar-refractivity contribution in [3.05, 3.63) is 31.7 Å². The van der Waals surface area contributed by atoms with Crippen LogP contribution >= 0.6 is 34.5 Å². The molecule has 7 heteroatoms. The molecule has 0 N–H and O–H groups in total. The molecule has 4 nitrogen and oxygen atoms in total. The number of hydrogen-bond donors (Lipinski definition) is 0. The fraction of sp³-hybridized carbons (Fsp3) is 0. The number of hydrogen-bond acceptors (Lipinski definition) is 4. The predicted molar refractivity (Wildman–Crippen MR) is 56.3 cm³/mol. The van der Waals surface area contributed by atoms with Crippen molar-refractivity contribution >= 4 is 50.4 Å². The highest BCUT2D eigenvalue weighted by atomic mass is 35.5. The summed E-state index contributed by atoms with van der Waals surface area (Å²) in [5.41, 5.74) is 0.249. The Morgan fingerprint density at radius 1 is 1.50 bits per heavy atom. The molecule has 0 saturated heterocycles. The number of aromatic nitrogens is 1. The van der Waals surface area contributed by atoms with Gasteiger partial charge in [-0.25, -0.2) is 4.98 Å². The Morgan fingerprint density at radius 3 is 2.86 bits per heavy atom. The molecule has 0 aliphatic carbocycles. The third-order valence-electron chi connectivity index (χ3n) is 1.65. The lowest BCUT2D eigenvalue weighted by atomic mass is 10.3. The number of thiophene rings is 1. The predicted octanol–water partition coefficient (Wildman–Crippen LogP) is 3.51. The van der Waals surface area contributed by atoms with E-state index in [1.165, 1.54) is 11.3 Å². The van der Waals surface area contributed by atoms with Gasteiger partial charge in [0, 0.05) is 0 Å². The smallest absolute Gasteiger partial charge is 0.258 e. The Kier molecular flexibility index (Phi) is 2.30. The first kappa shape index (κ1) is 9.64. The molecule has 0 saturated carbocycles. The monoisotopic (exact) mass is 248 g/mol. The zero-order valence-electron chi connectivity index (χ0n) is 6.53. The lowest BCUT2D eigenvalue weighted by Gasteiger charge is -1.98. The standard InChI is InChI=1S/C7H2Cl2N2O2S/c8-4-5(11(12)13)7(9)10-3-1-2-14-6(3)4/h1-2H. The normalized spacial score (nSPS) is 10.7. The summed E-state index contributed by atoms with van der Waals surface area (Å²) >= 11 is 12.8. The van der Waals surface area contributed by atoms with Crippen LogP contribution in [0, 0.1) is 10.1 Å². The van der Waals surface area contributed by atoms with Crippen LogP contribution in [0.4, 0.5) is 5.69 Å². The molecular weight excluding hydrogens is 247 g/mol.